The summed E-state index contributed by atoms with van der Waals surface area (Å²) in [5, 5.41) is 4.13. The normalized spacial score (nSPS) is 21.5. The van der Waals surface area contributed by atoms with E-state index in [1.165, 1.54) is 12.8 Å². The number of rotatable bonds is 5. The first-order chi connectivity index (χ1) is 9.04. The molecule has 1 aliphatic carbocycles. The highest BCUT2D eigenvalue weighted by atomic mass is 16.5. The van der Waals surface area contributed by atoms with E-state index in [1.807, 2.05) is 0 Å². The Balaban J connectivity index is 1.94. The van der Waals surface area contributed by atoms with E-state index in [1.54, 1.807) is 7.11 Å². The molecule has 19 heavy (non-hydrogen) atoms. The van der Waals surface area contributed by atoms with Crippen LogP contribution in [0.5, 0.6) is 0 Å². The maximum atomic E-state index is 5.60. The van der Waals surface area contributed by atoms with Crippen LogP contribution < -0.4 is 5.73 Å². The summed E-state index contributed by atoms with van der Waals surface area (Å²) in [6.07, 6.45) is 5.31. The summed E-state index contributed by atoms with van der Waals surface area (Å²) in [5.41, 5.74) is 6.06. The first-order valence-electron chi connectivity index (χ1n) is 7.09. The van der Waals surface area contributed by atoms with Gasteiger partial charge in [0.25, 0.3) is 0 Å². The molecule has 1 aromatic rings. The van der Waals surface area contributed by atoms with Crippen LogP contribution in [0.15, 0.2) is 4.52 Å². The van der Waals surface area contributed by atoms with E-state index in [0.717, 1.165) is 18.7 Å². The number of ether oxygens (including phenoxy) is 1. The molecule has 1 unspecified atom stereocenters. The molecule has 108 valence electrons. The molecule has 1 atom stereocenters. The van der Waals surface area contributed by atoms with Gasteiger partial charge >= 0.3 is 0 Å². The summed E-state index contributed by atoms with van der Waals surface area (Å²) >= 11 is 0. The second-order valence-corrected chi connectivity index (χ2v) is 6.28. The maximum Gasteiger partial charge on any atom is 0.229 e. The molecule has 1 fully saturated rings. The molecule has 0 saturated heterocycles. The van der Waals surface area contributed by atoms with Gasteiger partial charge in [0, 0.05) is 19.6 Å². The first-order valence-corrected chi connectivity index (χ1v) is 7.09. The Morgan fingerprint density at radius 3 is 2.68 bits per heavy atom. The van der Waals surface area contributed by atoms with Gasteiger partial charge in [-0.1, -0.05) is 19.0 Å². The van der Waals surface area contributed by atoms with Gasteiger partial charge in [0.1, 0.15) is 0 Å². The zero-order valence-electron chi connectivity index (χ0n) is 12.2. The molecule has 0 aliphatic heterocycles. The third-order valence-electron chi connectivity index (χ3n) is 4.19. The monoisotopic (exact) mass is 267 g/mol. The Morgan fingerprint density at radius 1 is 1.42 bits per heavy atom. The fourth-order valence-corrected chi connectivity index (χ4v) is 2.63. The van der Waals surface area contributed by atoms with Gasteiger partial charge in [0.05, 0.1) is 12.5 Å². The zero-order valence-corrected chi connectivity index (χ0v) is 12.2. The average molecular weight is 267 g/mol. The van der Waals surface area contributed by atoms with Gasteiger partial charge in [-0.25, -0.2) is 0 Å². The van der Waals surface area contributed by atoms with Crippen molar-refractivity contribution in [2.75, 3.05) is 13.7 Å². The molecule has 0 aromatic carbocycles. The molecule has 1 saturated carbocycles. The van der Waals surface area contributed by atoms with Gasteiger partial charge in [0.2, 0.25) is 5.89 Å². The summed E-state index contributed by atoms with van der Waals surface area (Å²) in [6.45, 7) is 5.12. The fourth-order valence-electron chi connectivity index (χ4n) is 2.63. The van der Waals surface area contributed by atoms with Gasteiger partial charge in [0.15, 0.2) is 5.82 Å². The Morgan fingerprint density at radius 2 is 2.11 bits per heavy atom. The predicted octanol–water partition coefficient (Wildman–Crippen LogP) is 2.27. The van der Waals surface area contributed by atoms with Crippen molar-refractivity contribution in [3.63, 3.8) is 0 Å². The second-order valence-electron chi connectivity index (χ2n) is 6.28. The number of nitrogens with two attached hydrogens (primary N) is 1. The highest BCUT2D eigenvalue weighted by molar-refractivity contribution is 4.99. The largest absolute Gasteiger partial charge is 0.380 e. The summed E-state index contributed by atoms with van der Waals surface area (Å²) < 4.78 is 10.5. The van der Waals surface area contributed by atoms with E-state index in [4.69, 9.17) is 15.0 Å². The number of hydrogen-bond acceptors (Lipinski definition) is 5. The summed E-state index contributed by atoms with van der Waals surface area (Å²) in [6, 6.07) is 0. The zero-order chi connectivity index (χ0) is 13.9. The summed E-state index contributed by atoms with van der Waals surface area (Å²) in [4.78, 5) is 4.50. The molecular formula is C14H25N3O2. The lowest BCUT2D eigenvalue weighted by Crippen LogP contribution is -2.24. The standard InChI is InChI=1S/C14H25N3O2/c1-14(2)6-4-10(5-7-14)13-16-12(19-17-13)8-11(9-15)18-3/h10-11H,4-9,15H2,1-3H3. The van der Waals surface area contributed by atoms with Crippen molar-refractivity contribution in [3.8, 4) is 0 Å². The Labute approximate surface area is 114 Å². The minimum absolute atomic E-state index is 0.0430. The summed E-state index contributed by atoms with van der Waals surface area (Å²) in [7, 11) is 1.65. The van der Waals surface area contributed by atoms with Crippen molar-refractivity contribution in [3.05, 3.63) is 11.7 Å². The molecule has 1 heterocycles. The van der Waals surface area contributed by atoms with Crippen molar-refractivity contribution in [2.24, 2.45) is 11.1 Å². The van der Waals surface area contributed by atoms with E-state index in [9.17, 15) is 0 Å². The molecule has 5 heteroatoms. The quantitative estimate of drug-likeness (QED) is 0.885. The van der Waals surface area contributed by atoms with Crippen LogP contribution in [0.1, 0.15) is 57.2 Å². The predicted molar refractivity (Wildman–Crippen MR) is 72.8 cm³/mol. The number of aromatic nitrogens is 2. The third kappa shape index (κ3) is 3.76. The van der Waals surface area contributed by atoms with Gasteiger partial charge in [-0.05, 0) is 31.1 Å². The van der Waals surface area contributed by atoms with E-state index in [-0.39, 0.29) is 6.10 Å². The van der Waals surface area contributed by atoms with Crippen LogP contribution in [-0.2, 0) is 11.2 Å². The molecule has 1 aliphatic rings. The highest BCUT2D eigenvalue weighted by Crippen LogP contribution is 2.41. The van der Waals surface area contributed by atoms with Crippen LogP contribution in [0.3, 0.4) is 0 Å². The van der Waals surface area contributed by atoms with Crippen molar-refractivity contribution in [1.82, 2.24) is 10.1 Å². The van der Waals surface area contributed by atoms with Crippen LogP contribution in [0, 0.1) is 5.41 Å². The lowest BCUT2D eigenvalue weighted by molar-refractivity contribution is 0.102. The number of nitrogens with zero attached hydrogens (tertiary/aromatic N) is 2. The molecule has 5 nitrogen and oxygen atoms in total. The topological polar surface area (TPSA) is 74.2 Å². The van der Waals surface area contributed by atoms with Crippen LogP contribution >= 0.6 is 0 Å². The third-order valence-corrected chi connectivity index (χ3v) is 4.19. The van der Waals surface area contributed by atoms with Gasteiger partial charge < -0.3 is 15.0 Å². The van der Waals surface area contributed by atoms with Crippen molar-refractivity contribution >= 4 is 0 Å². The number of methoxy groups -OCH3 is 1. The van der Waals surface area contributed by atoms with Crippen molar-refractivity contribution in [1.29, 1.82) is 0 Å². The maximum absolute atomic E-state index is 5.60. The van der Waals surface area contributed by atoms with Gasteiger partial charge in [-0.15, -0.1) is 0 Å². The van der Waals surface area contributed by atoms with E-state index < -0.39 is 0 Å². The minimum Gasteiger partial charge on any atom is -0.380 e. The van der Waals surface area contributed by atoms with Crippen LogP contribution in [0.25, 0.3) is 0 Å². The average Bonchev–Trinajstić information content (AvgIpc) is 2.84. The van der Waals surface area contributed by atoms with Gasteiger partial charge in [-0.3, -0.25) is 0 Å². The molecule has 1 aromatic heterocycles. The minimum atomic E-state index is -0.0430. The Bertz CT molecular complexity index is 389. The van der Waals surface area contributed by atoms with E-state index >= 15 is 0 Å². The Kier molecular flexibility index (Phi) is 4.58. The molecule has 2 N–H and O–H groups in total. The van der Waals surface area contributed by atoms with Gasteiger partial charge in [-0.2, -0.15) is 4.98 Å². The highest BCUT2D eigenvalue weighted by Gasteiger charge is 2.30. The van der Waals surface area contributed by atoms with E-state index in [0.29, 0.717) is 30.2 Å². The van der Waals surface area contributed by atoms with Crippen LogP contribution in [0.2, 0.25) is 0 Å². The smallest absolute Gasteiger partial charge is 0.229 e. The van der Waals surface area contributed by atoms with Crippen molar-refractivity contribution < 1.29 is 9.26 Å². The number of hydrogen-bond donors (Lipinski definition) is 1. The van der Waals surface area contributed by atoms with Crippen LogP contribution in [0.4, 0.5) is 0 Å². The summed E-state index contributed by atoms with van der Waals surface area (Å²) in [5.74, 6) is 1.94. The molecule has 0 spiro atoms. The molecular weight excluding hydrogens is 242 g/mol. The lowest BCUT2D eigenvalue weighted by Gasteiger charge is -2.32. The Hall–Kier alpha value is -0.940. The van der Waals surface area contributed by atoms with Crippen molar-refractivity contribution in [2.45, 2.75) is 58.0 Å². The lowest BCUT2D eigenvalue weighted by atomic mass is 9.73. The molecule has 0 amide bonds. The molecule has 2 rings (SSSR count). The fraction of sp³-hybridized carbons (Fsp3) is 0.857. The SMILES string of the molecule is COC(CN)Cc1nc(C2CCC(C)(C)CC2)no1. The molecule has 0 radical (unpaired) electrons. The van der Waals surface area contributed by atoms with Crippen LogP contribution in [-0.4, -0.2) is 29.9 Å². The first kappa shape index (κ1) is 14.5. The second kappa shape index (κ2) is 6.01. The molecule has 0 bridgehead atoms. The van der Waals surface area contributed by atoms with E-state index in [2.05, 4.69) is 24.0 Å².